The summed E-state index contributed by atoms with van der Waals surface area (Å²) in [6.45, 7) is -0.216. The maximum absolute atomic E-state index is 12.6. The van der Waals surface area contributed by atoms with Crippen LogP contribution >= 0.6 is 0 Å². The molecule has 10 heteroatoms. The Balaban J connectivity index is 1.62. The van der Waals surface area contributed by atoms with Crippen molar-refractivity contribution in [2.75, 3.05) is 20.3 Å². The molecule has 2 aromatic carbocycles. The van der Waals surface area contributed by atoms with Crippen molar-refractivity contribution >= 4 is 18.0 Å². The lowest BCUT2D eigenvalue weighted by molar-refractivity contribution is -0.165. The number of unbranched alkanes of at least 4 members (excludes halogenated alkanes) is 1. The number of carboxylic acid groups (broad SMARTS) is 1. The largest absolute Gasteiger partial charge is 0.479 e. The second kappa shape index (κ2) is 12.5. The molecule has 3 rings (SSSR count). The molecule has 0 fully saturated rings. The quantitative estimate of drug-likeness (QED) is 0.310. The number of carbonyl (C=O) groups is 3. The van der Waals surface area contributed by atoms with Crippen LogP contribution in [0.15, 0.2) is 48.5 Å². The van der Waals surface area contributed by atoms with Crippen LogP contribution in [0.5, 0.6) is 0 Å². The molecule has 0 heterocycles. The SMILES string of the molecule is COCC(ONC(=O)C(CCCC#N)NC(=O)OCC1c2ccccc2-c2ccccc21)C(=O)O. The molecule has 2 atom stereocenters. The zero-order chi connectivity index (χ0) is 25.2. The van der Waals surface area contributed by atoms with Crippen molar-refractivity contribution in [3.05, 3.63) is 59.7 Å². The molecule has 0 spiro atoms. The summed E-state index contributed by atoms with van der Waals surface area (Å²) in [5.41, 5.74) is 6.34. The fourth-order valence-electron chi connectivity index (χ4n) is 3.94. The van der Waals surface area contributed by atoms with Crippen molar-refractivity contribution in [1.82, 2.24) is 10.8 Å². The molecule has 0 radical (unpaired) electrons. The molecule has 2 amide bonds. The highest BCUT2D eigenvalue weighted by Gasteiger charge is 2.30. The van der Waals surface area contributed by atoms with E-state index >= 15 is 0 Å². The van der Waals surface area contributed by atoms with Crippen LogP contribution in [0.4, 0.5) is 4.79 Å². The molecule has 10 nitrogen and oxygen atoms in total. The number of ether oxygens (including phenoxy) is 2. The highest BCUT2D eigenvalue weighted by molar-refractivity contribution is 5.85. The smallest absolute Gasteiger partial charge is 0.407 e. The molecule has 0 saturated carbocycles. The van der Waals surface area contributed by atoms with Crippen LogP contribution in [-0.4, -0.2) is 55.5 Å². The molecular weight excluding hydrogens is 454 g/mol. The lowest BCUT2D eigenvalue weighted by Gasteiger charge is -2.20. The average Bonchev–Trinajstić information content (AvgIpc) is 3.18. The van der Waals surface area contributed by atoms with Crippen LogP contribution in [-0.2, 0) is 23.9 Å². The maximum Gasteiger partial charge on any atom is 0.407 e. The van der Waals surface area contributed by atoms with Crippen molar-refractivity contribution in [3.63, 3.8) is 0 Å². The highest BCUT2D eigenvalue weighted by Crippen LogP contribution is 2.44. The third-order valence-electron chi connectivity index (χ3n) is 5.63. The van der Waals surface area contributed by atoms with E-state index in [4.69, 9.17) is 24.7 Å². The Hall–Kier alpha value is -3.94. The predicted octanol–water partition coefficient (Wildman–Crippen LogP) is 2.73. The van der Waals surface area contributed by atoms with Crippen molar-refractivity contribution in [3.8, 4) is 17.2 Å². The van der Waals surface area contributed by atoms with Gasteiger partial charge in [0, 0.05) is 19.4 Å². The first-order valence-electron chi connectivity index (χ1n) is 11.1. The van der Waals surface area contributed by atoms with Gasteiger partial charge in [-0.05, 0) is 35.1 Å². The van der Waals surface area contributed by atoms with E-state index in [1.54, 1.807) is 0 Å². The number of benzene rings is 2. The van der Waals surface area contributed by atoms with Gasteiger partial charge in [0.2, 0.25) is 6.10 Å². The van der Waals surface area contributed by atoms with Gasteiger partial charge in [0.25, 0.3) is 5.91 Å². The third kappa shape index (κ3) is 6.56. The number of amides is 2. The predicted molar refractivity (Wildman–Crippen MR) is 124 cm³/mol. The van der Waals surface area contributed by atoms with Gasteiger partial charge >= 0.3 is 12.1 Å². The van der Waals surface area contributed by atoms with Crippen LogP contribution in [0.1, 0.15) is 36.3 Å². The molecule has 184 valence electrons. The van der Waals surface area contributed by atoms with E-state index in [-0.39, 0.29) is 32.0 Å². The Morgan fingerprint density at radius 1 is 1.09 bits per heavy atom. The Bertz CT molecular complexity index is 1050. The average molecular weight is 482 g/mol. The summed E-state index contributed by atoms with van der Waals surface area (Å²) < 4.78 is 10.2. The van der Waals surface area contributed by atoms with E-state index in [9.17, 15) is 14.4 Å². The van der Waals surface area contributed by atoms with E-state index in [0.29, 0.717) is 6.42 Å². The van der Waals surface area contributed by atoms with Crippen molar-refractivity contribution < 1.29 is 33.8 Å². The molecule has 0 saturated heterocycles. The third-order valence-corrected chi connectivity index (χ3v) is 5.63. The number of aliphatic carboxylic acids is 1. The Morgan fingerprint density at radius 2 is 1.71 bits per heavy atom. The van der Waals surface area contributed by atoms with Crippen LogP contribution in [0.3, 0.4) is 0 Å². The number of methoxy groups -OCH3 is 1. The molecule has 2 aromatic rings. The van der Waals surface area contributed by atoms with Crippen LogP contribution in [0.2, 0.25) is 0 Å². The molecule has 0 aromatic heterocycles. The Kier molecular flexibility index (Phi) is 9.17. The first kappa shape index (κ1) is 25.7. The number of rotatable bonds is 12. The summed E-state index contributed by atoms with van der Waals surface area (Å²) in [7, 11) is 1.30. The molecule has 1 aliphatic carbocycles. The molecule has 35 heavy (non-hydrogen) atoms. The van der Waals surface area contributed by atoms with Crippen LogP contribution in [0.25, 0.3) is 11.1 Å². The fraction of sp³-hybridized carbons (Fsp3) is 0.360. The minimum atomic E-state index is -1.42. The van der Waals surface area contributed by atoms with Gasteiger partial charge in [0.15, 0.2) is 0 Å². The summed E-state index contributed by atoms with van der Waals surface area (Å²) in [4.78, 5) is 41.2. The number of nitrogens with one attached hydrogen (secondary N) is 2. The Labute approximate surface area is 202 Å². The monoisotopic (exact) mass is 481 g/mol. The number of hydrogen-bond acceptors (Lipinski definition) is 7. The first-order chi connectivity index (χ1) is 17.0. The van der Waals surface area contributed by atoms with E-state index in [1.165, 1.54) is 7.11 Å². The molecule has 2 unspecified atom stereocenters. The number of hydrogen-bond donors (Lipinski definition) is 3. The number of alkyl carbamates (subject to hydrolysis) is 1. The van der Waals surface area contributed by atoms with E-state index in [2.05, 4.69) is 10.8 Å². The molecule has 0 bridgehead atoms. The minimum Gasteiger partial charge on any atom is -0.479 e. The zero-order valence-corrected chi connectivity index (χ0v) is 19.2. The summed E-state index contributed by atoms with van der Waals surface area (Å²) in [6, 6.07) is 16.7. The van der Waals surface area contributed by atoms with E-state index in [0.717, 1.165) is 22.3 Å². The van der Waals surface area contributed by atoms with E-state index in [1.807, 2.05) is 54.6 Å². The number of nitrogens with zero attached hydrogens (tertiary/aromatic N) is 1. The van der Waals surface area contributed by atoms with Crippen LogP contribution in [0, 0.1) is 11.3 Å². The minimum absolute atomic E-state index is 0.0673. The lowest BCUT2D eigenvalue weighted by atomic mass is 9.98. The first-order valence-corrected chi connectivity index (χ1v) is 11.1. The normalized spacial score (nSPS) is 13.6. The number of fused-ring (bicyclic) bond motifs is 3. The zero-order valence-electron chi connectivity index (χ0n) is 19.2. The second-order valence-electron chi connectivity index (χ2n) is 7.94. The summed E-state index contributed by atoms with van der Waals surface area (Å²) in [5, 5.41) is 20.4. The van der Waals surface area contributed by atoms with Gasteiger partial charge < -0.3 is 19.9 Å². The molecule has 0 aliphatic heterocycles. The van der Waals surface area contributed by atoms with Gasteiger partial charge in [-0.3, -0.25) is 9.63 Å². The Morgan fingerprint density at radius 3 is 2.29 bits per heavy atom. The summed E-state index contributed by atoms with van der Waals surface area (Å²) in [6.07, 6.45) is -1.58. The number of carbonyl (C=O) groups excluding carboxylic acids is 2. The van der Waals surface area contributed by atoms with Crippen molar-refractivity contribution in [1.29, 1.82) is 5.26 Å². The molecule has 1 aliphatic rings. The van der Waals surface area contributed by atoms with Gasteiger partial charge in [0.05, 0.1) is 12.7 Å². The maximum atomic E-state index is 12.6. The van der Waals surface area contributed by atoms with Gasteiger partial charge in [-0.25, -0.2) is 15.1 Å². The van der Waals surface area contributed by atoms with E-state index < -0.39 is 30.1 Å². The van der Waals surface area contributed by atoms with Crippen LogP contribution < -0.4 is 10.8 Å². The lowest BCUT2D eigenvalue weighted by Crippen LogP contribution is -2.49. The highest BCUT2D eigenvalue weighted by atomic mass is 16.7. The molecule has 3 N–H and O–H groups in total. The van der Waals surface area contributed by atoms with Gasteiger partial charge in [0.1, 0.15) is 12.6 Å². The van der Waals surface area contributed by atoms with Gasteiger partial charge in [-0.15, -0.1) is 0 Å². The van der Waals surface area contributed by atoms with Crippen molar-refractivity contribution in [2.24, 2.45) is 0 Å². The van der Waals surface area contributed by atoms with Crippen molar-refractivity contribution in [2.45, 2.75) is 37.3 Å². The number of hydroxylamine groups is 1. The van der Waals surface area contributed by atoms with Gasteiger partial charge in [-0.1, -0.05) is 48.5 Å². The number of nitriles is 1. The second-order valence-corrected chi connectivity index (χ2v) is 7.94. The molecular formula is C25H27N3O7. The standard InChI is InChI=1S/C25H27N3O7/c1-33-15-22(24(30)31)35-28-23(29)21(12-6-7-13-26)27-25(32)34-14-20-18-10-4-2-8-16(18)17-9-3-5-11-19(17)20/h2-5,8-11,20-22H,6-7,12,14-15H2,1H3,(H,27,32)(H,28,29)(H,30,31). The van der Waals surface area contributed by atoms with Gasteiger partial charge in [-0.2, -0.15) is 5.26 Å². The summed E-state index contributed by atoms with van der Waals surface area (Å²) in [5.74, 6) is -2.23. The topological polar surface area (TPSA) is 147 Å². The number of carboxylic acids is 1. The summed E-state index contributed by atoms with van der Waals surface area (Å²) >= 11 is 0. The fourth-order valence-corrected chi connectivity index (χ4v) is 3.94.